The van der Waals surface area contributed by atoms with E-state index >= 15 is 0 Å². The van der Waals surface area contributed by atoms with Gasteiger partial charge in [-0.3, -0.25) is 28.8 Å². The molecule has 0 aromatic heterocycles. The SMILES string of the molecule is CSCC[C@H](NC(=O)[C@H](Cc1ccccc1)NC(=O)CNC(=O)CNC(=O)[C@@H](N)Cc1ccc(O)cc1)C(=O)NCC12CC3CC(C1)CC(CC(=O)O)(C3)C2. The molecule has 0 radical (unpaired) electrons. The molecule has 4 aliphatic carbocycles. The van der Waals surface area contributed by atoms with E-state index in [1.54, 1.807) is 23.9 Å². The number of amides is 5. The van der Waals surface area contributed by atoms with Crippen molar-refractivity contribution < 1.29 is 39.0 Å². The average molecular weight is 779 g/mol. The van der Waals surface area contributed by atoms with Crippen LogP contribution in [0.2, 0.25) is 0 Å². The lowest BCUT2D eigenvalue weighted by Gasteiger charge is -2.62. The van der Waals surface area contributed by atoms with Gasteiger partial charge in [-0.25, -0.2) is 0 Å². The topological polar surface area (TPSA) is 229 Å². The molecule has 2 aromatic rings. The first kappa shape index (κ1) is 41.5. The molecule has 5 amide bonds. The number of carbonyl (C=O) groups excluding carboxylic acids is 5. The van der Waals surface area contributed by atoms with Crippen LogP contribution in [0, 0.1) is 22.7 Å². The van der Waals surface area contributed by atoms with E-state index in [0.717, 1.165) is 49.7 Å². The molecule has 15 heteroatoms. The molecule has 0 spiro atoms. The van der Waals surface area contributed by atoms with Gasteiger partial charge in [-0.05, 0) is 109 Å². The Kier molecular flexibility index (Phi) is 14.2. The molecule has 14 nitrogen and oxygen atoms in total. The number of hydrogen-bond acceptors (Lipinski definition) is 9. The maximum Gasteiger partial charge on any atom is 0.303 e. The normalized spacial score (nSPS) is 23.8. The van der Waals surface area contributed by atoms with Crippen LogP contribution in [0.25, 0.3) is 0 Å². The number of thioether (sulfide) groups is 1. The van der Waals surface area contributed by atoms with Crippen molar-refractivity contribution in [2.24, 2.45) is 28.4 Å². The van der Waals surface area contributed by atoms with Crippen LogP contribution in [-0.2, 0) is 41.6 Å². The van der Waals surface area contributed by atoms with E-state index in [-0.39, 0.29) is 41.7 Å². The second-order valence-electron chi connectivity index (χ2n) is 15.9. The van der Waals surface area contributed by atoms with Crippen molar-refractivity contribution in [1.82, 2.24) is 26.6 Å². The van der Waals surface area contributed by atoms with Gasteiger partial charge in [0.25, 0.3) is 0 Å². The Morgan fingerprint density at radius 1 is 0.764 bits per heavy atom. The van der Waals surface area contributed by atoms with Crippen molar-refractivity contribution >= 4 is 47.3 Å². The molecule has 4 saturated carbocycles. The zero-order valence-corrected chi connectivity index (χ0v) is 32.1. The number of aliphatic carboxylic acids is 1. The second kappa shape index (κ2) is 18.8. The largest absolute Gasteiger partial charge is 0.508 e. The van der Waals surface area contributed by atoms with Gasteiger partial charge in [-0.15, -0.1) is 0 Å². The minimum Gasteiger partial charge on any atom is -0.508 e. The molecule has 55 heavy (non-hydrogen) atoms. The number of carbonyl (C=O) groups is 6. The summed E-state index contributed by atoms with van der Waals surface area (Å²) in [6, 6.07) is 12.5. The van der Waals surface area contributed by atoms with Gasteiger partial charge >= 0.3 is 5.97 Å². The lowest BCUT2D eigenvalue weighted by Crippen LogP contribution is -2.58. The van der Waals surface area contributed by atoms with Gasteiger partial charge in [0, 0.05) is 13.0 Å². The fraction of sp³-hybridized carbons (Fsp3) is 0.550. The number of carboxylic acid groups (broad SMARTS) is 1. The molecule has 6 rings (SSSR count). The van der Waals surface area contributed by atoms with E-state index in [4.69, 9.17) is 5.73 Å². The number of hydrogen-bond donors (Lipinski definition) is 8. The van der Waals surface area contributed by atoms with Gasteiger partial charge < -0.3 is 42.5 Å². The predicted molar refractivity (Wildman–Crippen MR) is 208 cm³/mol. The first-order valence-electron chi connectivity index (χ1n) is 19.0. The summed E-state index contributed by atoms with van der Waals surface area (Å²) in [4.78, 5) is 77.4. The summed E-state index contributed by atoms with van der Waals surface area (Å²) in [6.07, 6.45) is 8.48. The van der Waals surface area contributed by atoms with Crippen molar-refractivity contribution in [1.29, 1.82) is 0 Å². The lowest BCUT2D eigenvalue weighted by atomic mass is 9.43. The maximum atomic E-state index is 13.8. The number of aromatic hydroxyl groups is 1. The van der Waals surface area contributed by atoms with Gasteiger partial charge in [0.2, 0.25) is 29.5 Å². The van der Waals surface area contributed by atoms with E-state index in [1.165, 1.54) is 12.1 Å². The summed E-state index contributed by atoms with van der Waals surface area (Å²) >= 11 is 1.55. The van der Waals surface area contributed by atoms with Crippen molar-refractivity contribution in [2.75, 3.05) is 31.6 Å². The van der Waals surface area contributed by atoms with Crippen molar-refractivity contribution in [3.8, 4) is 5.75 Å². The van der Waals surface area contributed by atoms with E-state index in [2.05, 4.69) is 26.6 Å². The Morgan fingerprint density at radius 3 is 2.05 bits per heavy atom. The van der Waals surface area contributed by atoms with E-state index in [9.17, 15) is 39.0 Å². The second-order valence-corrected chi connectivity index (χ2v) is 16.9. The van der Waals surface area contributed by atoms with Gasteiger partial charge in [0.1, 0.15) is 17.8 Å². The summed E-state index contributed by atoms with van der Waals surface area (Å²) in [5.41, 5.74) is 7.11. The highest BCUT2D eigenvalue weighted by Gasteiger charge is 2.58. The Labute approximate surface area is 325 Å². The van der Waals surface area contributed by atoms with Crippen LogP contribution in [-0.4, -0.2) is 95.5 Å². The molecule has 4 aliphatic rings. The Bertz CT molecular complexity index is 1680. The third kappa shape index (κ3) is 11.9. The van der Waals surface area contributed by atoms with Gasteiger partial charge in [0.05, 0.1) is 25.6 Å². The number of benzene rings is 2. The third-order valence-electron chi connectivity index (χ3n) is 11.2. The van der Waals surface area contributed by atoms with Gasteiger partial charge in [-0.1, -0.05) is 42.5 Å². The number of nitrogens with two attached hydrogens (primary N) is 1. The zero-order chi connectivity index (χ0) is 39.6. The van der Waals surface area contributed by atoms with E-state index in [1.807, 2.05) is 36.6 Å². The third-order valence-corrected chi connectivity index (χ3v) is 11.9. The summed E-state index contributed by atoms with van der Waals surface area (Å²) in [5, 5.41) is 32.7. The first-order chi connectivity index (χ1) is 26.3. The summed E-state index contributed by atoms with van der Waals surface area (Å²) in [5.74, 6) is -1.83. The summed E-state index contributed by atoms with van der Waals surface area (Å²) in [7, 11) is 0. The van der Waals surface area contributed by atoms with Crippen LogP contribution < -0.4 is 32.3 Å². The van der Waals surface area contributed by atoms with E-state index in [0.29, 0.717) is 30.6 Å². The van der Waals surface area contributed by atoms with Crippen molar-refractivity contribution in [2.45, 2.75) is 82.3 Å². The zero-order valence-electron chi connectivity index (χ0n) is 31.3. The van der Waals surface area contributed by atoms with Crippen LogP contribution in [0.5, 0.6) is 5.75 Å². The molecular formula is C40H54N6O8S. The Hall–Kier alpha value is -4.63. The first-order valence-corrected chi connectivity index (χ1v) is 20.4. The van der Waals surface area contributed by atoms with Crippen LogP contribution in [0.3, 0.4) is 0 Å². The molecule has 0 aliphatic heterocycles. The minimum absolute atomic E-state index is 0.0887. The molecule has 2 aromatic carbocycles. The van der Waals surface area contributed by atoms with Crippen LogP contribution in [0.1, 0.15) is 62.5 Å². The molecule has 2 unspecified atom stereocenters. The van der Waals surface area contributed by atoms with Crippen LogP contribution in [0.15, 0.2) is 54.6 Å². The molecule has 4 fully saturated rings. The maximum absolute atomic E-state index is 13.8. The highest BCUT2D eigenvalue weighted by Crippen LogP contribution is 2.66. The Morgan fingerprint density at radius 2 is 1.40 bits per heavy atom. The summed E-state index contributed by atoms with van der Waals surface area (Å²) in [6.45, 7) is -0.449. The average Bonchev–Trinajstić information content (AvgIpc) is 3.13. The van der Waals surface area contributed by atoms with E-state index < -0.39 is 60.8 Å². The van der Waals surface area contributed by atoms with Crippen LogP contribution in [0.4, 0.5) is 0 Å². The highest BCUT2D eigenvalue weighted by atomic mass is 32.2. The number of rotatable bonds is 20. The molecule has 0 saturated heterocycles. The predicted octanol–water partition coefficient (Wildman–Crippen LogP) is 1.64. The fourth-order valence-electron chi connectivity index (χ4n) is 9.38. The highest BCUT2D eigenvalue weighted by molar-refractivity contribution is 7.98. The van der Waals surface area contributed by atoms with Gasteiger partial charge in [0.15, 0.2) is 0 Å². The number of carboxylic acids is 1. The van der Waals surface area contributed by atoms with Crippen molar-refractivity contribution in [3.05, 3.63) is 65.7 Å². The number of phenols is 1. The molecular weight excluding hydrogens is 725 g/mol. The smallest absolute Gasteiger partial charge is 0.303 e. The van der Waals surface area contributed by atoms with Gasteiger partial charge in [-0.2, -0.15) is 11.8 Å². The Balaban J connectivity index is 1.15. The lowest BCUT2D eigenvalue weighted by molar-refractivity contribution is -0.153. The minimum atomic E-state index is -1.06. The van der Waals surface area contributed by atoms with Crippen molar-refractivity contribution in [3.63, 3.8) is 0 Å². The number of phenolic OH excluding ortho intramolecular Hbond substituents is 1. The molecule has 5 atom stereocenters. The summed E-state index contributed by atoms with van der Waals surface area (Å²) < 4.78 is 0. The fourth-order valence-corrected chi connectivity index (χ4v) is 9.85. The molecule has 0 heterocycles. The molecule has 9 N–H and O–H groups in total. The molecule has 4 bridgehead atoms. The quantitative estimate of drug-likeness (QED) is 0.0969. The molecule has 298 valence electrons. The number of nitrogens with one attached hydrogen (secondary N) is 5. The monoisotopic (exact) mass is 778 g/mol. The standard InChI is InChI=1S/C40H54N6O8S/c1-55-12-11-31(37(53)44-24-40-18-27-13-28(19-40)17-39(16-27,23-40)20-35(50)51)46-38(54)32(15-25-5-3-2-4-6-25)45-34(49)22-42-33(48)21-43-36(52)30(41)14-26-7-9-29(47)10-8-26/h2-10,27-28,30-32,47H,11-24,41H2,1H3,(H,42,48)(H,43,52)(H,44,53)(H,45,49)(H,46,54)(H,50,51)/t27?,28?,30-,31-,32-,39?,40?/m0/s1. The van der Waals surface area contributed by atoms with Crippen LogP contribution >= 0.6 is 11.8 Å².